The Balaban J connectivity index is 1.48. The summed E-state index contributed by atoms with van der Waals surface area (Å²) < 4.78 is 7.70. The Morgan fingerprint density at radius 2 is 1.81 bits per heavy atom. The maximum Gasteiger partial charge on any atom is 0.319 e. The molecule has 1 saturated carbocycles. The van der Waals surface area contributed by atoms with Crippen molar-refractivity contribution in [3.05, 3.63) is 46.3 Å². The highest BCUT2D eigenvalue weighted by molar-refractivity contribution is 6.01. The summed E-state index contributed by atoms with van der Waals surface area (Å²) in [6.45, 7) is 4.21. The van der Waals surface area contributed by atoms with E-state index in [0.717, 1.165) is 74.7 Å². The van der Waals surface area contributed by atoms with Crippen molar-refractivity contribution in [3.8, 4) is 5.69 Å². The second-order valence-electron chi connectivity index (χ2n) is 11.6. The van der Waals surface area contributed by atoms with Crippen LogP contribution < -0.4 is 16.8 Å². The lowest BCUT2D eigenvalue weighted by Gasteiger charge is -2.31. The fourth-order valence-corrected chi connectivity index (χ4v) is 6.49. The fourth-order valence-electron chi connectivity index (χ4n) is 6.49. The standard InChI is InChI=1S/C29H38N4O4/c1-29(2)14-24-27(25(34)15-29)21-5-3-4-6-23(21)33(24)18-9-12-20(28(31)36)22(13-18)32-17-7-10-19(11-8-17)37-26(35)16-30/h9,12-13,17,19,32H,3-8,10-11,14-16,30H2,1-2H3,(H2,31,36)/t17-,19-. The molecule has 1 amide bonds. The van der Waals surface area contributed by atoms with Gasteiger partial charge in [-0.25, -0.2) is 0 Å². The van der Waals surface area contributed by atoms with Crippen LogP contribution in [0.3, 0.4) is 0 Å². The molecule has 3 aliphatic carbocycles. The van der Waals surface area contributed by atoms with Gasteiger partial charge in [0.2, 0.25) is 0 Å². The first-order valence-corrected chi connectivity index (χ1v) is 13.6. The van der Waals surface area contributed by atoms with Crippen molar-refractivity contribution in [2.75, 3.05) is 11.9 Å². The molecule has 0 bridgehead atoms. The number of carbonyl (C=O) groups excluding carboxylic acids is 3. The van der Waals surface area contributed by atoms with Crippen LogP contribution in [0.4, 0.5) is 5.69 Å². The fraction of sp³-hybridized carbons (Fsp3) is 0.552. The van der Waals surface area contributed by atoms with Crippen molar-refractivity contribution >= 4 is 23.3 Å². The molecular weight excluding hydrogens is 468 g/mol. The van der Waals surface area contributed by atoms with E-state index in [9.17, 15) is 14.4 Å². The van der Waals surface area contributed by atoms with Gasteiger partial charge < -0.3 is 26.1 Å². The Kier molecular flexibility index (Phi) is 6.88. The first-order chi connectivity index (χ1) is 17.7. The quantitative estimate of drug-likeness (QED) is 0.511. The Morgan fingerprint density at radius 3 is 2.51 bits per heavy atom. The molecule has 0 saturated heterocycles. The third kappa shape index (κ3) is 5.04. The van der Waals surface area contributed by atoms with Gasteiger partial charge >= 0.3 is 5.97 Å². The summed E-state index contributed by atoms with van der Waals surface area (Å²) in [6.07, 6.45) is 8.50. The third-order valence-corrected chi connectivity index (χ3v) is 8.16. The molecule has 8 heteroatoms. The number of benzene rings is 1. The van der Waals surface area contributed by atoms with E-state index in [1.54, 1.807) is 6.07 Å². The molecule has 1 heterocycles. The number of primary amides is 1. The number of anilines is 1. The van der Waals surface area contributed by atoms with Crippen LogP contribution in [-0.2, 0) is 28.8 Å². The van der Waals surface area contributed by atoms with Crippen LogP contribution in [0.5, 0.6) is 0 Å². The summed E-state index contributed by atoms with van der Waals surface area (Å²) in [5.74, 6) is -0.602. The highest BCUT2D eigenvalue weighted by Crippen LogP contribution is 2.42. The van der Waals surface area contributed by atoms with Crippen LogP contribution in [-0.4, -0.2) is 40.9 Å². The number of fused-ring (bicyclic) bond motifs is 3. The predicted octanol–water partition coefficient (Wildman–Crippen LogP) is 3.84. The number of carbonyl (C=O) groups is 3. The van der Waals surface area contributed by atoms with Gasteiger partial charge in [0.15, 0.2) is 5.78 Å². The predicted molar refractivity (Wildman–Crippen MR) is 142 cm³/mol. The summed E-state index contributed by atoms with van der Waals surface area (Å²) in [7, 11) is 0. The summed E-state index contributed by atoms with van der Waals surface area (Å²) in [4.78, 5) is 37.2. The van der Waals surface area contributed by atoms with Gasteiger partial charge in [-0.3, -0.25) is 14.4 Å². The van der Waals surface area contributed by atoms with E-state index in [2.05, 4.69) is 23.7 Å². The van der Waals surface area contributed by atoms with E-state index in [1.807, 2.05) is 12.1 Å². The molecule has 37 heavy (non-hydrogen) atoms. The van der Waals surface area contributed by atoms with Gasteiger partial charge in [-0.1, -0.05) is 13.8 Å². The Hall–Kier alpha value is -3.13. The Labute approximate surface area is 218 Å². The van der Waals surface area contributed by atoms with E-state index < -0.39 is 5.91 Å². The molecule has 0 spiro atoms. The number of ether oxygens (including phenoxy) is 1. The number of hydrogen-bond acceptors (Lipinski definition) is 6. The minimum Gasteiger partial charge on any atom is -0.461 e. The Morgan fingerprint density at radius 1 is 1.08 bits per heavy atom. The zero-order valence-electron chi connectivity index (χ0n) is 21.9. The summed E-state index contributed by atoms with van der Waals surface area (Å²) in [5, 5.41) is 3.56. The average Bonchev–Trinajstić information content (AvgIpc) is 3.18. The van der Waals surface area contributed by atoms with Crippen molar-refractivity contribution in [3.63, 3.8) is 0 Å². The molecule has 5 rings (SSSR count). The minimum atomic E-state index is -0.479. The molecule has 0 radical (unpaired) electrons. The smallest absolute Gasteiger partial charge is 0.319 e. The molecule has 198 valence electrons. The average molecular weight is 507 g/mol. The SMILES string of the molecule is CC1(C)CC(=O)c2c3c(n(-c4ccc(C(N)=O)c(N[C@H]5CC[C@H](OC(=O)CN)CC5)c4)c2C1)CCCC3. The number of Topliss-reactive ketones (excluding diaryl/α,β-unsaturated/α-hetero) is 1. The molecule has 0 aliphatic heterocycles. The van der Waals surface area contributed by atoms with Gasteiger partial charge in [-0.2, -0.15) is 0 Å². The molecule has 1 fully saturated rings. The van der Waals surface area contributed by atoms with Crippen molar-refractivity contribution in [2.45, 2.75) is 90.2 Å². The zero-order valence-corrected chi connectivity index (χ0v) is 21.9. The normalized spacial score (nSPS) is 22.6. The molecule has 0 unspecified atom stereocenters. The van der Waals surface area contributed by atoms with Crippen molar-refractivity contribution in [2.24, 2.45) is 16.9 Å². The van der Waals surface area contributed by atoms with E-state index in [4.69, 9.17) is 16.2 Å². The summed E-state index contributed by atoms with van der Waals surface area (Å²) in [5.41, 5.74) is 17.7. The van der Waals surface area contributed by atoms with Gasteiger partial charge in [0.1, 0.15) is 6.10 Å². The van der Waals surface area contributed by atoms with Gasteiger partial charge in [0.05, 0.1) is 12.1 Å². The number of amides is 1. The maximum absolute atomic E-state index is 13.3. The van der Waals surface area contributed by atoms with E-state index in [1.165, 1.54) is 11.3 Å². The number of ketones is 1. The van der Waals surface area contributed by atoms with Gasteiger partial charge in [-0.15, -0.1) is 0 Å². The van der Waals surface area contributed by atoms with Gasteiger partial charge in [-0.05, 0) is 87.0 Å². The van der Waals surface area contributed by atoms with E-state index >= 15 is 0 Å². The van der Waals surface area contributed by atoms with Gasteiger partial charge in [0, 0.05) is 40.8 Å². The van der Waals surface area contributed by atoms with Crippen LogP contribution in [0, 0.1) is 5.41 Å². The number of nitrogens with one attached hydrogen (secondary N) is 1. The van der Waals surface area contributed by atoms with Gasteiger partial charge in [0.25, 0.3) is 5.91 Å². The number of aromatic nitrogens is 1. The van der Waals surface area contributed by atoms with Crippen molar-refractivity contribution < 1.29 is 19.1 Å². The molecular formula is C29H38N4O4. The van der Waals surface area contributed by atoms with Crippen LogP contribution in [0.15, 0.2) is 18.2 Å². The lowest BCUT2D eigenvalue weighted by Crippen LogP contribution is -2.33. The van der Waals surface area contributed by atoms with Crippen LogP contribution in [0.2, 0.25) is 0 Å². The maximum atomic E-state index is 13.3. The largest absolute Gasteiger partial charge is 0.461 e. The second-order valence-corrected chi connectivity index (χ2v) is 11.6. The number of hydrogen-bond donors (Lipinski definition) is 3. The molecule has 0 atom stereocenters. The van der Waals surface area contributed by atoms with Crippen molar-refractivity contribution in [1.82, 2.24) is 4.57 Å². The monoisotopic (exact) mass is 506 g/mol. The number of rotatable bonds is 6. The molecule has 1 aromatic heterocycles. The van der Waals surface area contributed by atoms with E-state index in [0.29, 0.717) is 17.7 Å². The lowest BCUT2D eigenvalue weighted by molar-refractivity contribution is -0.148. The third-order valence-electron chi connectivity index (χ3n) is 8.16. The van der Waals surface area contributed by atoms with Crippen LogP contribution in [0.1, 0.15) is 96.5 Å². The first kappa shape index (κ1) is 25.5. The van der Waals surface area contributed by atoms with Crippen LogP contribution >= 0.6 is 0 Å². The first-order valence-electron chi connectivity index (χ1n) is 13.6. The molecule has 1 aromatic carbocycles. The molecule has 2 aromatic rings. The summed E-state index contributed by atoms with van der Waals surface area (Å²) in [6, 6.07) is 5.90. The van der Waals surface area contributed by atoms with E-state index in [-0.39, 0.29) is 35.9 Å². The Bertz CT molecular complexity index is 1240. The highest BCUT2D eigenvalue weighted by Gasteiger charge is 2.38. The zero-order chi connectivity index (χ0) is 26.3. The summed E-state index contributed by atoms with van der Waals surface area (Å²) >= 11 is 0. The van der Waals surface area contributed by atoms with Crippen LogP contribution in [0.25, 0.3) is 5.69 Å². The number of nitrogens with zero attached hydrogens (tertiary/aromatic N) is 1. The number of nitrogens with two attached hydrogens (primary N) is 2. The topological polar surface area (TPSA) is 129 Å². The molecule has 3 aliphatic rings. The number of esters is 1. The highest BCUT2D eigenvalue weighted by atomic mass is 16.5. The van der Waals surface area contributed by atoms with Crippen molar-refractivity contribution in [1.29, 1.82) is 0 Å². The minimum absolute atomic E-state index is 0.0942. The lowest BCUT2D eigenvalue weighted by atomic mass is 9.75. The molecule has 5 N–H and O–H groups in total. The second kappa shape index (κ2) is 9.97. The molecule has 8 nitrogen and oxygen atoms in total.